The quantitative estimate of drug-likeness (QED) is 0.810. The third-order valence-corrected chi connectivity index (χ3v) is 2.49. The highest BCUT2D eigenvalue weighted by Crippen LogP contribution is 2.15. The SMILES string of the molecule is COC(=O)c1cc(-c2ccccn2)[nH]c(=O)c1C#N. The Labute approximate surface area is 108 Å². The number of ether oxygens (including phenoxy) is 1. The lowest BCUT2D eigenvalue weighted by atomic mass is 10.1. The van der Waals surface area contributed by atoms with Gasteiger partial charge in [0.2, 0.25) is 0 Å². The van der Waals surface area contributed by atoms with Crippen molar-refractivity contribution in [3.63, 3.8) is 0 Å². The second-order valence-electron chi connectivity index (χ2n) is 3.62. The molecule has 0 bridgehead atoms. The predicted molar refractivity (Wildman–Crippen MR) is 66.3 cm³/mol. The van der Waals surface area contributed by atoms with Gasteiger partial charge in [0, 0.05) is 6.20 Å². The third kappa shape index (κ3) is 2.35. The van der Waals surface area contributed by atoms with Gasteiger partial charge in [0.1, 0.15) is 11.6 Å². The van der Waals surface area contributed by atoms with Crippen molar-refractivity contribution in [1.82, 2.24) is 9.97 Å². The van der Waals surface area contributed by atoms with E-state index < -0.39 is 11.5 Å². The lowest BCUT2D eigenvalue weighted by Gasteiger charge is -2.05. The van der Waals surface area contributed by atoms with Gasteiger partial charge in [-0.1, -0.05) is 6.07 Å². The highest BCUT2D eigenvalue weighted by atomic mass is 16.5. The molecule has 2 aromatic heterocycles. The number of rotatable bonds is 2. The maximum absolute atomic E-state index is 11.8. The molecule has 1 N–H and O–H groups in total. The Bertz CT molecular complexity index is 714. The van der Waals surface area contributed by atoms with Gasteiger partial charge >= 0.3 is 5.97 Å². The highest BCUT2D eigenvalue weighted by molar-refractivity contribution is 5.93. The first-order valence-electron chi connectivity index (χ1n) is 5.34. The molecule has 6 heteroatoms. The summed E-state index contributed by atoms with van der Waals surface area (Å²) in [6.07, 6.45) is 1.56. The van der Waals surface area contributed by atoms with Gasteiger partial charge in [-0.15, -0.1) is 0 Å². The minimum Gasteiger partial charge on any atom is -0.465 e. The number of hydrogen-bond donors (Lipinski definition) is 1. The molecule has 0 radical (unpaired) electrons. The van der Waals surface area contributed by atoms with Crippen LogP contribution in [0.4, 0.5) is 0 Å². The number of pyridine rings is 2. The molecule has 0 fully saturated rings. The summed E-state index contributed by atoms with van der Waals surface area (Å²) < 4.78 is 4.56. The number of nitriles is 1. The number of nitrogens with zero attached hydrogens (tertiary/aromatic N) is 2. The molecule has 0 aliphatic carbocycles. The normalized spacial score (nSPS) is 9.68. The summed E-state index contributed by atoms with van der Waals surface area (Å²) in [6.45, 7) is 0. The third-order valence-electron chi connectivity index (χ3n) is 2.49. The summed E-state index contributed by atoms with van der Waals surface area (Å²) in [6, 6.07) is 8.23. The van der Waals surface area contributed by atoms with E-state index in [1.165, 1.54) is 13.2 Å². The van der Waals surface area contributed by atoms with Gasteiger partial charge < -0.3 is 9.72 Å². The van der Waals surface area contributed by atoms with Crippen molar-refractivity contribution in [2.45, 2.75) is 0 Å². The Morgan fingerprint density at radius 3 is 2.84 bits per heavy atom. The molecule has 2 rings (SSSR count). The number of methoxy groups -OCH3 is 1. The number of hydrogen-bond acceptors (Lipinski definition) is 5. The Morgan fingerprint density at radius 2 is 2.26 bits per heavy atom. The number of H-pyrrole nitrogens is 1. The summed E-state index contributed by atoms with van der Waals surface area (Å²) in [4.78, 5) is 29.9. The Morgan fingerprint density at radius 1 is 1.47 bits per heavy atom. The van der Waals surface area contributed by atoms with Crippen molar-refractivity contribution in [1.29, 1.82) is 5.26 Å². The van der Waals surface area contributed by atoms with Crippen molar-refractivity contribution < 1.29 is 9.53 Å². The molecule has 2 aromatic rings. The van der Waals surface area contributed by atoms with Crippen molar-refractivity contribution in [2.75, 3.05) is 7.11 Å². The van der Waals surface area contributed by atoms with E-state index in [4.69, 9.17) is 5.26 Å². The van der Waals surface area contributed by atoms with E-state index >= 15 is 0 Å². The van der Waals surface area contributed by atoms with Crippen LogP contribution in [0.5, 0.6) is 0 Å². The zero-order valence-corrected chi connectivity index (χ0v) is 10.0. The Kier molecular flexibility index (Phi) is 3.39. The maximum atomic E-state index is 11.8. The van der Waals surface area contributed by atoms with Crippen molar-refractivity contribution in [2.24, 2.45) is 0 Å². The van der Waals surface area contributed by atoms with E-state index in [1.807, 2.05) is 0 Å². The van der Waals surface area contributed by atoms with Crippen LogP contribution in [-0.4, -0.2) is 23.0 Å². The van der Waals surface area contributed by atoms with Crippen LogP contribution in [0.1, 0.15) is 15.9 Å². The van der Waals surface area contributed by atoms with Crippen molar-refractivity contribution in [3.05, 3.63) is 51.9 Å². The van der Waals surface area contributed by atoms with Crippen LogP contribution < -0.4 is 5.56 Å². The van der Waals surface area contributed by atoms with Crippen LogP contribution >= 0.6 is 0 Å². The van der Waals surface area contributed by atoms with Crippen LogP contribution in [0.15, 0.2) is 35.3 Å². The maximum Gasteiger partial charge on any atom is 0.339 e. The zero-order chi connectivity index (χ0) is 13.8. The summed E-state index contributed by atoms with van der Waals surface area (Å²) in [7, 11) is 1.19. The Balaban J connectivity index is 2.68. The average molecular weight is 255 g/mol. The van der Waals surface area contributed by atoms with Crippen molar-refractivity contribution >= 4 is 5.97 Å². The van der Waals surface area contributed by atoms with Gasteiger partial charge in [0.15, 0.2) is 0 Å². The lowest BCUT2D eigenvalue weighted by molar-refractivity contribution is 0.0600. The molecule has 0 aromatic carbocycles. The minimum atomic E-state index is -0.736. The van der Waals surface area contributed by atoms with E-state index in [9.17, 15) is 9.59 Å². The number of aromatic nitrogens is 2. The van der Waals surface area contributed by atoms with Gasteiger partial charge in [-0.05, 0) is 18.2 Å². The summed E-state index contributed by atoms with van der Waals surface area (Å²) in [5.74, 6) is -0.736. The molecule has 0 saturated carbocycles. The molecular weight excluding hydrogens is 246 g/mol. The second kappa shape index (κ2) is 5.14. The molecular formula is C13H9N3O3. The number of nitrogens with one attached hydrogen (secondary N) is 1. The van der Waals surface area contributed by atoms with Gasteiger partial charge in [0.25, 0.3) is 5.56 Å². The molecule has 0 aliphatic rings. The number of esters is 1. The molecule has 2 heterocycles. The molecule has 0 spiro atoms. The van der Waals surface area contributed by atoms with E-state index in [1.54, 1.807) is 30.5 Å². The van der Waals surface area contributed by atoms with E-state index in [2.05, 4.69) is 14.7 Å². The van der Waals surface area contributed by atoms with Gasteiger partial charge in [-0.3, -0.25) is 9.78 Å². The Hall–Kier alpha value is -2.94. The number of carbonyl (C=O) groups is 1. The van der Waals surface area contributed by atoms with E-state index in [0.29, 0.717) is 11.4 Å². The molecule has 19 heavy (non-hydrogen) atoms. The number of carbonyl (C=O) groups excluding carboxylic acids is 1. The van der Waals surface area contributed by atoms with E-state index in [0.717, 1.165) is 0 Å². The zero-order valence-electron chi connectivity index (χ0n) is 10.0. The first kappa shape index (κ1) is 12.5. The highest BCUT2D eigenvalue weighted by Gasteiger charge is 2.17. The first-order valence-corrected chi connectivity index (χ1v) is 5.34. The fourth-order valence-electron chi connectivity index (χ4n) is 1.60. The lowest BCUT2D eigenvalue weighted by Crippen LogP contribution is -2.18. The largest absolute Gasteiger partial charge is 0.465 e. The monoisotopic (exact) mass is 255 g/mol. The van der Waals surface area contributed by atoms with Crippen molar-refractivity contribution in [3.8, 4) is 17.5 Å². The summed E-state index contributed by atoms with van der Waals surface area (Å²) in [5.41, 5.74) is -0.147. The molecule has 0 aliphatic heterocycles. The van der Waals surface area contributed by atoms with Gasteiger partial charge in [0.05, 0.1) is 24.1 Å². The number of aromatic amines is 1. The predicted octanol–water partition coefficient (Wildman–Crippen LogP) is 1.10. The van der Waals surface area contributed by atoms with Crippen LogP contribution in [0.3, 0.4) is 0 Å². The molecule has 0 amide bonds. The molecule has 0 atom stereocenters. The fourth-order valence-corrected chi connectivity index (χ4v) is 1.60. The molecule has 0 saturated heterocycles. The fraction of sp³-hybridized carbons (Fsp3) is 0.0769. The van der Waals surface area contributed by atoms with Crippen LogP contribution in [0.2, 0.25) is 0 Å². The summed E-state index contributed by atoms with van der Waals surface area (Å²) >= 11 is 0. The van der Waals surface area contributed by atoms with E-state index in [-0.39, 0.29) is 11.1 Å². The average Bonchev–Trinajstić information content (AvgIpc) is 2.46. The van der Waals surface area contributed by atoms with Crippen LogP contribution in [0.25, 0.3) is 11.4 Å². The second-order valence-corrected chi connectivity index (χ2v) is 3.62. The molecule has 0 unspecified atom stereocenters. The van der Waals surface area contributed by atoms with Crippen LogP contribution in [0, 0.1) is 11.3 Å². The minimum absolute atomic E-state index is 0.0746. The van der Waals surface area contributed by atoms with Crippen LogP contribution in [-0.2, 0) is 4.74 Å². The summed E-state index contributed by atoms with van der Waals surface area (Å²) in [5, 5.41) is 8.91. The smallest absolute Gasteiger partial charge is 0.339 e. The molecule has 6 nitrogen and oxygen atoms in total. The van der Waals surface area contributed by atoms with Gasteiger partial charge in [-0.25, -0.2) is 4.79 Å². The van der Waals surface area contributed by atoms with Gasteiger partial charge in [-0.2, -0.15) is 5.26 Å². The topological polar surface area (TPSA) is 95.8 Å². The molecule has 94 valence electrons. The first-order chi connectivity index (χ1) is 9.17. The standard InChI is InChI=1S/C13H9N3O3/c1-19-13(18)8-6-11(10-4-2-3-5-15-10)16-12(17)9(8)7-14/h2-6H,1H3,(H,16,17).